The molecule has 120 valence electrons. The van der Waals surface area contributed by atoms with Gasteiger partial charge in [-0.15, -0.1) is 0 Å². The summed E-state index contributed by atoms with van der Waals surface area (Å²) >= 11 is 0. The summed E-state index contributed by atoms with van der Waals surface area (Å²) in [7, 11) is -1.81. The first-order valence-electron chi connectivity index (χ1n) is 7.46. The zero-order valence-electron chi connectivity index (χ0n) is 14.2. The minimum Gasteiger partial charge on any atom is -0.385 e. The Morgan fingerprint density at radius 3 is 2.00 bits per heavy atom. The Morgan fingerprint density at radius 2 is 1.62 bits per heavy atom. The smallest absolute Gasteiger partial charge is 0.243 e. The van der Waals surface area contributed by atoms with Gasteiger partial charge in [0.15, 0.2) is 0 Å². The van der Waals surface area contributed by atoms with Gasteiger partial charge in [0, 0.05) is 25.3 Å². The van der Waals surface area contributed by atoms with Crippen LogP contribution in [-0.2, 0) is 10.0 Å². The van der Waals surface area contributed by atoms with Crippen LogP contribution in [0.1, 0.15) is 38.8 Å². The topological polar surface area (TPSA) is 49.4 Å². The van der Waals surface area contributed by atoms with Crippen LogP contribution in [0.5, 0.6) is 0 Å². The van der Waals surface area contributed by atoms with Crippen LogP contribution in [-0.4, -0.2) is 32.4 Å². The third-order valence-electron chi connectivity index (χ3n) is 4.02. The van der Waals surface area contributed by atoms with Gasteiger partial charge in [-0.05, 0) is 56.9 Å². The van der Waals surface area contributed by atoms with E-state index in [0.717, 1.165) is 23.4 Å². The molecule has 1 aromatic carbocycles. The van der Waals surface area contributed by atoms with Crippen molar-refractivity contribution in [3.63, 3.8) is 0 Å². The first-order valence-corrected chi connectivity index (χ1v) is 8.90. The molecule has 0 aromatic heterocycles. The van der Waals surface area contributed by atoms with Gasteiger partial charge in [0.05, 0.1) is 4.90 Å². The highest BCUT2D eigenvalue weighted by Crippen LogP contribution is 2.28. The number of nitrogens with zero attached hydrogens (tertiary/aromatic N) is 1. The molecule has 0 aliphatic heterocycles. The molecule has 5 heteroatoms. The van der Waals surface area contributed by atoms with Gasteiger partial charge in [-0.1, -0.05) is 13.8 Å². The van der Waals surface area contributed by atoms with Crippen LogP contribution < -0.4 is 5.32 Å². The molecule has 1 atom stereocenters. The fourth-order valence-electron chi connectivity index (χ4n) is 2.45. The lowest BCUT2D eigenvalue weighted by atomic mass is 10.1. The van der Waals surface area contributed by atoms with E-state index in [-0.39, 0.29) is 12.0 Å². The predicted molar refractivity (Wildman–Crippen MR) is 89.3 cm³/mol. The molecule has 21 heavy (non-hydrogen) atoms. The second-order valence-electron chi connectivity index (χ2n) is 5.98. The second kappa shape index (κ2) is 6.79. The molecule has 0 bridgehead atoms. The molecule has 0 aliphatic carbocycles. The number of anilines is 1. The Labute approximate surface area is 129 Å². The van der Waals surface area contributed by atoms with Crippen LogP contribution in [0, 0.1) is 19.8 Å². The maximum Gasteiger partial charge on any atom is 0.243 e. The molecule has 0 aliphatic rings. The Hall–Kier alpha value is -1.07. The molecule has 0 spiro atoms. The van der Waals surface area contributed by atoms with Crippen LogP contribution in [0.25, 0.3) is 0 Å². The van der Waals surface area contributed by atoms with E-state index in [1.165, 1.54) is 4.31 Å². The van der Waals surface area contributed by atoms with Gasteiger partial charge in [-0.25, -0.2) is 8.42 Å². The molecule has 4 nitrogen and oxygen atoms in total. The van der Waals surface area contributed by atoms with Gasteiger partial charge in [-0.3, -0.25) is 0 Å². The van der Waals surface area contributed by atoms with Crippen molar-refractivity contribution in [2.24, 2.45) is 5.92 Å². The summed E-state index contributed by atoms with van der Waals surface area (Å²) < 4.78 is 27.3. The number of hydrogen-bond acceptors (Lipinski definition) is 3. The van der Waals surface area contributed by atoms with Gasteiger partial charge in [0.25, 0.3) is 0 Å². The molecule has 0 fully saturated rings. The van der Waals surface area contributed by atoms with Crippen LogP contribution in [0.4, 0.5) is 5.69 Å². The van der Waals surface area contributed by atoms with E-state index in [1.54, 1.807) is 7.05 Å². The summed E-state index contributed by atoms with van der Waals surface area (Å²) in [6.07, 6.45) is 0. The molecule has 1 N–H and O–H groups in total. The van der Waals surface area contributed by atoms with Gasteiger partial charge in [-0.2, -0.15) is 4.31 Å². The molecule has 0 amide bonds. The average Bonchev–Trinajstić information content (AvgIpc) is 2.35. The molecule has 0 heterocycles. The fraction of sp³-hybridized carbons (Fsp3) is 0.625. The lowest BCUT2D eigenvalue weighted by Gasteiger charge is -2.28. The zero-order valence-corrected chi connectivity index (χ0v) is 15.0. The number of aryl methyl sites for hydroxylation is 2. The summed E-state index contributed by atoms with van der Waals surface area (Å²) in [4.78, 5) is 0.430. The molecule has 1 rings (SSSR count). The van der Waals surface area contributed by atoms with Crippen LogP contribution >= 0.6 is 0 Å². The second-order valence-corrected chi connectivity index (χ2v) is 7.91. The van der Waals surface area contributed by atoms with E-state index in [2.05, 4.69) is 5.32 Å². The van der Waals surface area contributed by atoms with Crippen LogP contribution in [0.15, 0.2) is 17.0 Å². The zero-order chi connectivity index (χ0) is 16.4. The summed E-state index contributed by atoms with van der Waals surface area (Å²) in [6, 6.07) is 3.76. The molecule has 1 aromatic rings. The highest BCUT2D eigenvalue weighted by molar-refractivity contribution is 7.89. The summed E-state index contributed by atoms with van der Waals surface area (Å²) in [5.74, 6) is 0.270. The highest BCUT2D eigenvalue weighted by Gasteiger charge is 2.29. The van der Waals surface area contributed by atoms with E-state index >= 15 is 0 Å². The molecule has 0 saturated heterocycles. The van der Waals surface area contributed by atoms with Crippen LogP contribution in [0.3, 0.4) is 0 Å². The van der Waals surface area contributed by atoms with Crippen molar-refractivity contribution < 1.29 is 8.42 Å². The number of nitrogens with one attached hydrogen (secondary N) is 1. The number of rotatable bonds is 6. The SMILES string of the molecule is CCNc1cc(C)c(S(=O)(=O)N(C)C(C)C(C)C)c(C)c1. The third-order valence-corrected chi connectivity index (χ3v) is 6.27. The first kappa shape index (κ1) is 18.0. The Morgan fingerprint density at radius 1 is 1.14 bits per heavy atom. The largest absolute Gasteiger partial charge is 0.385 e. The van der Waals surface area contributed by atoms with E-state index in [9.17, 15) is 8.42 Å². The molecule has 0 saturated carbocycles. The van der Waals surface area contributed by atoms with Gasteiger partial charge in [0.1, 0.15) is 0 Å². The Balaban J connectivity index is 3.32. The highest BCUT2D eigenvalue weighted by atomic mass is 32.2. The van der Waals surface area contributed by atoms with Crippen molar-refractivity contribution >= 4 is 15.7 Å². The summed E-state index contributed by atoms with van der Waals surface area (Å²) in [5.41, 5.74) is 2.54. The van der Waals surface area contributed by atoms with Gasteiger partial charge < -0.3 is 5.32 Å². The standard InChI is InChI=1S/C16H28N2O2S/c1-8-17-15-9-12(4)16(13(5)10-15)21(19,20)18(7)14(6)11(2)3/h9-11,14,17H,8H2,1-7H3. The van der Waals surface area contributed by atoms with Crippen molar-refractivity contribution in [1.82, 2.24) is 4.31 Å². The van der Waals surface area contributed by atoms with Crippen molar-refractivity contribution in [3.05, 3.63) is 23.3 Å². The average molecular weight is 312 g/mol. The Kier molecular flexibility index (Phi) is 5.82. The van der Waals surface area contributed by atoms with Gasteiger partial charge >= 0.3 is 0 Å². The van der Waals surface area contributed by atoms with Crippen molar-refractivity contribution in [1.29, 1.82) is 0 Å². The lowest BCUT2D eigenvalue weighted by molar-refractivity contribution is 0.315. The quantitative estimate of drug-likeness (QED) is 0.876. The Bertz CT molecular complexity index is 571. The minimum atomic E-state index is -3.47. The maximum absolute atomic E-state index is 12.9. The predicted octanol–water partition coefficient (Wildman–Crippen LogP) is 3.40. The number of hydrogen-bond donors (Lipinski definition) is 1. The van der Waals surface area contributed by atoms with Gasteiger partial charge in [0.2, 0.25) is 10.0 Å². The first-order chi connectivity index (χ1) is 9.62. The molecule has 1 unspecified atom stereocenters. The molecule has 0 radical (unpaired) electrons. The van der Waals surface area contributed by atoms with E-state index in [4.69, 9.17) is 0 Å². The maximum atomic E-state index is 12.9. The fourth-order valence-corrected chi connectivity index (χ4v) is 4.35. The minimum absolute atomic E-state index is 0.0396. The van der Waals surface area contributed by atoms with E-state index in [0.29, 0.717) is 4.90 Å². The third kappa shape index (κ3) is 3.77. The molecular formula is C16H28N2O2S. The molecular weight excluding hydrogens is 284 g/mol. The number of benzene rings is 1. The van der Waals surface area contributed by atoms with E-state index < -0.39 is 10.0 Å². The van der Waals surface area contributed by atoms with Crippen LogP contribution in [0.2, 0.25) is 0 Å². The van der Waals surface area contributed by atoms with Crippen molar-refractivity contribution in [2.75, 3.05) is 18.9 Å². The summed E-state index contributed by atoms with van der Waals surface area (Å²) in [5, 5.41) is 3.23. The summed E-state index contributed by atoms with van der Waals surface area (Å²) in [6.45, 7) is 12.6. The van der Waals surface area contributed by atoms with Crippen molar-refractivity contribution in [3.8, 4) is 0 Å². The normalized spacial score (nSPS) is 13.8. The number of sulfonamides is 1. The lowest BCUT2D eigenvalue weighted by Crippen LogP contribution is -2.38. The van der Waals surface area contributed by atoms with E-state index in [1.807, 2.05) is 53.7 Å². The monoisotopic (exact) mass is 312 g/mol. The van der Waals surface area contributed by atoms with Crippen molar-refractivity contribution in [2.45, 2.75) is 52.5 Å².